The van der Waals surface area contributed by atoms with Crippen molar-refractivity contribution >= 4 is 0 Å². The fourth-order valence-corrected chi connectivity index (χ4v) is 2.53. The van der Waals surface area contributed by atoms with Crippen LogP contribution in [0.5, 0.6) is 0 Å². The van der Waals surface area contributed by atoms with Crippen LogP contribution in [0.4, 0.5) is 0 Å². The van der Waals surface area contributed by atoms with E-state index in [0.29, 0.717) is 0 Å². The smallest absolute Gasteiger partial charge is 0.0104 e. The van der Waals surface area contributed by atoms with Gasteiger partial charge in [0.2, 0.25) is 0 Å². The molecule has 2 nitrogen and oxygen atoms in total. The molecule has 1 N–H and O–H groups in total. The van der Waals surface area contributed by atoms with Crippen molar-refractivity contribution in [1.82, 2.24) is 10.2 Å². The van der Waals surface area contributed by atoms with Gasteiger partial charge in [0.1, 0.15) is 0 Å². The molecule has 15 heavy (non-hydrogen) atoms. The summed E-state index contributed by atoms with van der Waals surface area (Å²) in [5, 5.41) is 3.39. The monoisotopic (exact) mass is 212 g/mol. The van der Waals surface area contributed by atoms with Crippen molar-refractivity contribution in [2.75, 3.05) is 33.2 Å². The van der Waals surface area contributed by atoms with E-state index in [4.69, 9.17) is 0 Å². The molecule has 0 saturated heterocycles. The van der Waals surface area contributed by atoms with Crippen LogP contribution in [0.1, 0.15) is 45.4 Å². The first-order chi connectivity index (χ1) is 7.33. The molecule has 0 heterocycles. The van der Waals surface area contributed by atoms with Crippen LogP contribution in [0, 0.1) is 5.92 Å². The van der Waals surface area contributed by atoms with Crippen molar-refractivity contribution in [3.8, 4) is 0 Å². The van der Waals surface area contributed by atoms with Crippen LogP contribution in [0.2, 0.25) is 0 Å². The Kier molecular flexibility index (Phi) is 7.03. The molecular weight excluding hydrogens is 184 g/mol. The van der Waals surface area contributed by atoms with Gasteiger partial charge in [-0.05, 0) is 32.4 Å². The highest BCUT2D eigenvalue weighted by Gasteiger charge is 2.13. The predicted octanol–water partition coefficient (Wildman–Crippen LogP) is 2.50. The summed E-state index contributed by atoms with van der Waals surface area (Å²) in [6.07, 6.45) is 8.80. The molecule has 2 heteroatoms. The van der Waals surface area contributed by atoms with Crippen molar-refractivity contribution in [3.05, 3.63) is 0 Å². The summed E-state index contributed by atoms with van der Waals surface area (Å²) in [5.74, 6) is 0.971. The second-order valence-electron chi connectivity index (χ2n) is 4.97. The van der Waals surface area contributed by atoms with E-state index in [1.807, 2.05) is 0 Å². The van der Waals surface area contributed by atoms with Gasteiger partial charge in [-0.1, -0.05) is 32.6 Å². The molecule has 0 atom stereocenters. The van der Waals surface area contributed by atoms with Crippen LogP contribution < -0.4 is 5.32 Å². The van der Waals surface area contributed by atoms with Gasteiger partial charge in [-0.3, -0.25) is 0 Å². The Labute approximate surface area is 95.4 Å². The lowest BCUT2D eigenvalue weighted by Gasteiger charge is -2.23. The fourth-order valence-electron chi connectivity index (χ4n) is 2.53. The molecule has 1 fully saturated rings. The molecule has 0 spiro atoms. The lowest BCUT2D eigenvalue weighted by molar-refractivity contribution is 0.260. The molecule has 0 amide bonds. The largest absolute Gasteiger partial charge is 0.316 e. The van der Waals surface area contributed by atoms with Crippen LogP contribution in [0.15, 0.2) is 0 Å². The van der Waals surface area contributed by atoms with E-state index in [9.17, 15) is 0 Å². The zero-order valence-electron chi connectivity index (χ0n) is 10.6. The number of hydrogen-bond acceptors (Lipinski definition) is 2. The van der Waals surface area contributed by atoms with Crippen LogP contribution in [0.25, 0.3) is 0 Å². The molecule has 1 aliphatic carbocycles. The van der Waals surface area contributed by atoms with Crippen LogP contribution in [-0.2, 0) is 0 Å². The number of nitrogens with zero attached hydrogens (tertiary/aromatic N) is 1. The van der Waals surface area contributed by atoms with Gasteiger partial charge in [0.25, 0.3) is 0 Å². The topological polar surface area (TPSA) is 15.3 Å². The summed E-state index contributed by atoms with van der Waals surface area (Å²) in [6.45, 7) is 6.91. The van der Waals surface area contributed by atoms with Crippen LogP contribution >= 0.6 is 0 Å². The number of nitrogens with one attached hydrogen (secondary N) is 1. The third-order valence-electron chi connectivity index (χ3n) is 3.46. The maximum Gasteiger partial charge on any atom is 0.0104 e. The highest BCUT2D eigenvalue weighted by Crippen LogP contribution is 2.23. The Morgan fingerprint density at radius 3 is 2.40 bits per heavy atom. The van der Waals surface area contributed by atoms with Crippen molar-refractivity contribution in [3.63, 3.8) is 0 Å². The van der Waals surface area contributed by atoms with E-state index in [1.165, 1.54) is 51.6 Å². The molecule has 0 radical (unpaired) electrons. The molecule has 0 aromatic carbocycles. The Balaban J connectivity index is 2.09. The normalized spacial score (nSPS) is 19.4. The third-order valence-corrected chi connectivity index (χ3v) is 3.46. The molecule has 0 aromatic rings. The van der Waals surface area contributed by atoms with E-state index in [-0.39, 0.29) is 0 Å². The average molecular weight is 212 g/mol. The first-order valence-corrected chi connectivity index (χ1v) is 6.72. The molecule has 0 unspecified atom stereocenters. The quantitative estimate of drug-likeness (QED) is 0.537. The summed E-state index contributed by atoms with van der Waals surface area (Å²) >= 11 is 0. The SMILES string of the molecule is CCNCCN(C)CC1CCCCCC1. The second kappa shape index (κ2) is 8.12. The summed E-state index contributed by atoms with van der Waals surface area (Å²) < 4.78 is 0. The van der Waals surface area contributed by atoms with Gasteiger partial charge in [0, 0.05) is 19.6 Å². The first kappa shape index (κ1) is 13.0. The van der Waals surface area contributed by atoms with Gasteiger partial charge in [-0.15, -0.1) is 0 Å². The van der Waals surface area contributed by atoms with Crippen LogP contribution in [-0.4, -0.2) is 38.1 Å². The Morgan fingerprint density at radius 2 is 1.80 bits per heavy atom. The first-order valence-electron chi connectivity index (χ1n) is 6.72. The summed E-state index contributed by atoms with van der Waals surface area (Å²) in [4.78, 5) is 2.50. The zero-order chi connectivity index (χ0) is 10.9. The Hall–Kier alpha value is -0.0800. The fraction of sp³-hybridized carbons (Fsp3) is 1.00. The Bertz CT molecular complexity index is 139. The van der Waals surface area contributed by atoms with Crippen molar-refractivity contribution in [2.45, 2.75) is 45.4 Å². The zero-order valence-corrected chi connectivity index (χ0v) is 10.6. The maximum absolute atomic E-state index is 3.39. The summed E-state index contributed by atoms with van der Waals surface area (Å²) in [6, 6.07) is 0. The average Bonchev–Trinajstić information content (AvgIpc) is 2.47. The molecule has 0 aliphatic heterocycles. The van der Waals surface area contributed by atoms with Gasteiger partial charge in [0.05, 0.1) is 0 Å². The van der Waals surface area contributed by atoms with Crippen molar-refractivity contribution in [1.29, 1.82) is 0 Å². The minimum atomic E-state index is 0.971. The van der Waals surface area contributed by atoms with E-state index < -0.39 is 0 Å². The van der Waals surface area contributed by atoms with E-state index in [1.54, 1.807) is 0 Å². The second-order valence-corrected chi connectivity index (χ2v) is 4.97. The van der Waals surface area contributed by atoms with E-state index in [0.717, 1.165) is 19.0 Å². The third kappa shape index (κ3) is 6.16. The lowest BCUT2D eigenvalue weighted by Crippen LogP contribution is -2.32. The molecule has 1 rings (SSSR count). The summed E-state index contributed by atoms with van der Waals surface area (Å²) in [5.41, 5.74) is 0. The number of likely N-dealkylation sites (N-methyl/N-ethyl adjacent to an activating group) is 2. The number of hydrogen-bond donors (Lipinski definition) is 1. The van der Waals surface area contributed by atoms with Gasteiger partial charge in [-0.2, -0.15) is 0 Å². The highest BCUT2D eigenvalue weighted by atomic mass is 15.1. The van der Waals surface area contributed by atoms with Gasteiger partial charge in [-0.25, -0.2) is 0 Å². The van der Waals surface area contributed by atoms with Gasteiger partial charge in [0.15, 0.2) is 0 Å². The van der Waals surface area contributed by atoms with E-state index >= 15 is 0 Å². The number of rotatable bonds is 6. The maximum atomic E-state index is 3.39. The minimum absolute atomic E-state index is 0.971. The highest BCUT2D eigenvalue weighted by molar-refractivity contribution is 4.68. The summed E-state index contributed by atoms with van der Waals surface area (Å²) in [7, 11) is 2.27. The van der Waals surface area contributed by atoms with Gasteiger partial charge < -0.3 is 10.2 Å². The lowest BCUT2D eigenvalue weighted by atomic mass is 10.00. The van der Waals surface area contributed by atoms with Crippen molar-refractivity contribution in [2.24, 2.45) is 5.92 Å². The minimum Gasteiger partial charge on any atom is -0.316 e. The molecule has 0 aromatic heterocycles. The molecule has 90 valence electrons. The predicted molar refractivity (Wildman–Crippen MR) is 67.2 cm³/mol. The van der Waals surface area contributed by atoms with Crippen LogP contribution in [0.3, 0.4) is 0 Å². The Morgan fingerprint density at radius 1 is 1.13 bits per heavy atom. The molecule has 0 bridgehead atoms. The molecular formula is C13H28N2. The molecule has 1 saturated carbocycles. The standard InChI is InChI=1S/C13H28N2/c1-3-14-10-11-15(2)12-13-8-6-4-5-7-9-13/h13-14H,3-12H2,1-2H3. The van der Waals surface area contributed by atoms with Crippen molar-refractivity contribution < 1.29 is 0 Å². The molecule has 1 aliphatic rings. The van der Waals surface area contributed by atoms with Gasteiger partial charge >= 0.3 is 0 Å². The van der Waals surface area contributed by atoms with E-state index in [2.05, 4.69) is 24.2 Å².